The van der Waals surface area contributed by atoms with Crippen molar-refractivity contribution in [2.45, 2.75) is 6.92 Å². The lowest BCUT2D eigenvalue weighted by atomic mass is 10.2. The molecule has 0 radical (unpaired) electrons. The molecule has 20 heavy (non-hydrogen) atoms. The van der Waals surface area contributed by atoms with E-state index in [9.17, 15) is 0 Å². The summed E-state index contributed by atoms with van der Waals surface area (Å²) in [7, 11) is 6.24. The van der Waals surface area contributed by atoms with E-state index in [2.05, 4.69) is 47.0 Å². The largest absolute Gasteiger partial charge is 0.358 e. The molecule has 0 amide bonds. The molecular weight excluding hydrogens is 248 g/mol. The lowest BCUT2D eigenvalue weighted by molar-refractivity contribution is 0.416. The summed E-state index contributed by atoms with van der Waals surface area (Å²) in [5, 5.41) is 1.10. The van der Waals surface area contributed by atoms with Crippen molar-refractivity contribution in [2.24, 2.45) is 0 Å². The summed E-state index contributed by atoms with van der Waals surface area (Å²) in [5.74, 6) is 1.75. The number of nitrogens with zero attached hydrogens (tertiary/aromatic N) is 4. The smallest absolute Gasteiger partial charge is 0.154 e. The van der Waals surface area contributed by atoms with Gasteiger partial charge in [-0.25, -0.2) is 9.97 Å². The molecule has 1 aromatic carbocycles. The topological polar surface area (TPSA) is 32.3 Å². The van der Waals surface area contributed by atoms with Crippen molar-refractivity contribution in [1.82, 2.24) is 14.9 Å². The van der Waals surface area contributed by atoms with Crippen LogP contribution in [0, 0.1) is 0 Å². The van der Waals surface area contributed by atoms with Crippen molar-refractivity contribution in [3.05, 3.63) is 36.2 Å². The number of hydrogen-bond donors (Lipinski definition) is 0. The molecule has 0 saturated heterocycles. The molecule has 0 bridgehead atoms. The van der Waals surface area contributed by atoms with Crippen LogP contribution < -0.4 is 4.90 Å². The predicted octanol–water partition coefficient (Wildman–Crippen LogP) is 2.66. The van der Waals surface area contributed by atoms with Gasteiger partial charge in [-0.1, -0.05) is 18.2 Å². The van der Waals surface area contributed by atoms with Gasteiger partial charge in [0.1, 0.15) is 5.82 Å². The Morgan fingerprint density at radius 2 is 1.80 bits per heavy atom. The van der Waals surface area contributed by atoms with E-state index in [-0.39, 0.29) is 0 Å². The first-order chi connectivity index (χ1) is 9.61. The standard InChI is InChI=1S/C16H22N4/c1-5-8-15-17-14-10-7-6-9-13(14)16(18-15)20(4)12-11-19(2)3/h5-10H,11-12H2,1-4H3/b8-5+. The first kappa shape index (κ1) is 14.5. The fraction of sp³-hybridized carbons (Fsp3) is 0.375. The van der Waals surface area contributed by atoms with Crippen LogP contribution in [0.5, 0.6) is 0 Å². The number of aromatic nitrogens is 2. The van der Waals surface area contributed by atoms with Gasteiger partial charge < -0.3 is 9.80 Å². The van der Waals surface area contributed by atoms with Crippen LogP contribution in [-0.4, -0.2) is 49.1 Å². The number of rotatable bonds is 5. The zero-order valence-electron chi connectivity index (χ0n) is 12.7. The number of fused-ring (bicyclic) bond motifs is 1. The molecule has 4 heteroatoms. The van der Waals surface area contributed by atoms with Gasteiger partial charge in [-0.2, -0.15) is 0 Å². The predicted molar refractivity (Wildman–Crippen MR) is 86.1 cm³/mol. The second-order valence-corrected chi connectivity index (χ2v) is 5.15. The molecule has 1 aromatic heterocycles. The molecule has 106 valence electrons. The van der Waals surface area contributed by atoms with Crippen molar-refractivity contribution in [1.29, 1.82) is 0 Å². The van der Waals surface area contributed by atoms with Gasteiger partial charge in [0.25, 0.3) is 0 Å². The maximum atomic E-state index is 4.68. The van der Waals surface area contributed by atoms with Crippen molar-refractivity contribution in [3.8, 4) is 0 Å². The molecule has 0 spiro atoms. The molecule has 2 aromatic rings. The van der Waals surface area contributed by atoms with Gasteiger partial charge in [-0.05, 0) is 39.2 Å². The van der Waals surface area contributed by atoms with E-state index < -0.39 is 0 Å². The number of anilines is 1. The van der Waals surface area contributed by atoms with Crippen molar-refractivity contribution in [3.63, 3.8) is 0 Å². The lowest BCUT2D eigenvalue weighted by Crippen LogP contribution is -2.29. The molecule has 0 aliphatic rings. The third-order valence-corrected chi connectivity index (χ3v) is 3.16. The molecule has 0 N–H and O–H groups in total. The highest BCUT2D eigenvalue weighted by atomic mass is 15.2. The van der Waals surface area contributed by atoms with Gasteiger partial charge in [0, 0.05) is 25.5 Å². The van der Waals surface area contributed by atoms with Crippen molar-refractivity contribution >= 4 is 22.8 Å². The Labute approximate surface area is 120 Å². The molecule has 4 nitrogen and oxygen atoms in total. The van der Waals surface area contributed by atoms with E-state index in [1.54, 1.807) is 0 Å². The van der Waals surface area contributed by atoms with Gasteiger partial charge in [0.05, 0.1) is 5.52 Å². The number of hydrogen-bond acceptors (Lipinski definition) is 4. The number of para-hydroxylation sites is 1. The summed E-state index contributed by atoms with van der Waals surface area (Å²) < 4.78 is 0. The minimum absolute atomic E-state index is 0.762. The number of likely N-dealkylation sites (N-methyl/N-ethyl adjacent to an activating group) is 2. The van der Waals surface area contributed by atoms with Gasteiger partial charge in [-0.15, -0.1) is 0 Å². The molecule has 0 fully saturated rings. The monoisotopic (exact) mass is 270 g/mol. The fourth-order valence-electron chi connectivity index (χ4n) is 2.05. The number of allylic oxidation sites excluding steroid dienone is 1. The maximum absolute atomic E-state index is 4.68. The summed E-state index contributed by atoms with van der Waals surface area (Å²) in [5.41, 5.74) is 0.988. The Bertz CT molecular complexity index is 604. The minimum Gasteiger partial charge on any atom is -0.358 e. The van der Waals surface area contributed by atoms with Crippen LogP contribution in [0.2, 0.25) is 0 Å². The zero-order chi connectivity index (χ0) is 14.5. The second-order valence-electron chi connectivity index (χ2n) is 5.15. The van der Waals surface area contributed by atoms with Gasteiger partial charge in [-0.3, -0.25) is 0 Å². The van der Waals surface area contributed by atoms with Crippen LogP contribution in [0.25, 0.3) is 17.0 Å². The average Bonchev–Trinajstić information content (AvgIpc) is 2.44. The summed E-state index contributed by atoms with van der Waals surface area (Å²) in [6.07, 6.45) is 3.91. The molecule has 0 unspecified atom stereocenters. The van der Waals surface area contributed by atoms with Crippen LogP contribution in [0.3, 0.4) is 0 Å². The highest BCUT2D eigenvalue weighted by Gasteiger charge is 2.10. The van der Waals surface area contributed by atoms with E-state index in [1.165, 1.54) is 0 Å². The lowest BCUT2D eigenvalue weighted by Gasteiger charge is -2.22. The highest BCUT2D eigenvalue weighted by molar-refractivity contribution is 5.90. The molecule has 0 aliphatic carbocycles. The van der Waals surface area contributed by atoms with Gasteiger partial charge in [0.2, 0.25) is 0 Å². The normalized spacial score (nSPS) is 11.7. The summed E-state index contributed by atoms with van der Waals surface area (Å²) in [6, 6.07) is 8.16. The zero-order valence-corrected chi connectivity index (χ0v) is 12.7. The van der Waals surface area contributed by atoms with Crippen LogP contribution in [0.1, 0.15) is 12.7 Å². The second kappa shape index (κ2) is 6.48. The third-order valence-electron chi connectivity index (χ3n) is 3.16. The highest BCUT2D eigenvalue weighted by Crippen LogP contribution is 2.23. The summed E-state index contributed by atoms with van der Waals surface area (Å²) >= 11 is 0. The molecule has 0 aliphatic heterocycles. The molecule has 0 saturated carbocycles. The Hall–Kier alpha value is -1.94. The van der Waals surface area contributed by atoms with E-state index in [4.69, 9.17) is 0 Å². The molecule has 2 rings (SSSR count). The van der Waals surface area contributed by atoms with E-state index in [0.29, 0.717) is 0 Å². The van der Waals surface area contributed by atoms with Crippen LogP contribution >= 0.6 is 0 Å². The van der Waals surface area contributed by atoms with Gasteiger partial charge >= 0.3 is 0 Å². The van der Waals surface area contributed by atoms with Crippen LogP contribution in [-0.2, 0) is 0 Å². The quantitative estimate of drug-likeness (QED) is 0.836. The molecule has 1 heterocycles. The van der Waals surface area contributed by atoms with E-state index in [1.807, 2.05) is 37.3 Å². The minimum atomic E-state index is 0.762. The van der Waals surface area contributed by atoms with Gasteiger partial charge in [0.15, 0.2) is 5.82 Å². The van der Waals surface area contributed by atoms with Crippen molar-refractivity contribution in [2.75, 3.05) is 39.1 Å². The Morgan fingerprint density at radius 3 is 2.50 bits per heavy atom. The fourth-order valence-corrected chi connectivity index (χ4v) is 2.05. The molecule has 0 atom stereocenters. The van der Waals surface area contributed by atoms with Crippen molar-refractivity contribution < 1.29 is 0 Å². The average molecular weight is 270 g/mol. The Morgan fingerprint density at radius 1 is 1.05 bits per heavy atom. The summed E-state index contributed by atoms with van der Waals surface area (Å²) in [4.78, 5) is 13.6. The van der Waals surface area contributed by atoms with Crippen LogP contribution in [0.4, 0.5) is 5.82 Å². The third kappa shape index (κ3) is 3.33. The van der Waals surface area contributed by atoms with Crippen LogP contribution in [0.15, 0.2) is 30.3 Å². The first-order valence-corrected chi connectivity index (χ1v) is 6.87. The first-order valence-electron chi connectivity index (χ1n) is 6.87. The summed E-state index contributed by atoms with van der Waals surface area (Å²) in [6.45, 7) is 3.91. The van der Waals surface area contributed by atoms with E-state index in [0.717, 1.165) is 35.6 Å². The Balaban J connectivity index is 2.43. The van der Waals surface area contributed by atoms with E-state index >= 15 is 0 Å². The SMILES string of the molecule is C/C=C/c1nc(N(C)CCN(C)C)c2ccccc2n1. The Kier molecular flexibility index (Phi) is 4.69. The molecular formula is C16H22N4. The number of benzene rings is 1. The maximum Gasteiger partial charge on any atom is 0.154 e.